The second-order valence-electron chi connectivity index (χ2n) is 9.06. The average molecular weight is 497 g/mol. The van der Waals surface area contributed by atoms with Crippen LogP contribution in [0, 0.1) is 11.3 Å². The molecule has 36 heavy (non-hydrogen) atoms. The lowest BCUT2D eigenvalue weighted by molar-refractivity contribution is 0.0547. The molecule has 1 fully saturated rings. The van der Waals surface area contributed by atoms with Crippen LogP contribution in [0.15, 0.2) is 71.5 Å². The number of allylic oxidation sites excluding steroid dienone is 4. The van der Waals surface area contributed by atoms with Gasteiger partial charge in [0.15, 0.2) is 0 Å². The molecule has 0 N–H and O–H groups in total. The quantitative estimate of drug-likeness (QED) is 0.349. The molecule has 1 aliphatic carbocycles. The molecule has 5 nitrogen and oxygen atoms in total. The maximum Gasteiger partial charge on any atom is 0.135 e. The van der Waals surface area contributed by atoms with Crippen molar-refractivity contribution in [1.29, 1.82) is 5.26 Å². The van der Waals surface area contributed by atoms with Crippen molar-refractivity contribution < 1.29 is 4.74 Å². The van der Waals surface area contributed by atoms with Crippen molar-refractivity contribution >= 4 is 38.9 Å². The van der Waals surface area contributed by atoms with Crippen LogP contribution >= 0.6 is 11.3 Å². The van der Waals surface area contributed by atoms with E-state index in [9.17, 15) is 5.26 Å². The minimum Gasteiger partial charge on any atom is -0.378 e. The zero-order chi connectivity index (χ0) is 24.9. The van der Waals surface area contributed by atoms with Crippen molar-refractivity contribution in [1.82, 2.24) is 9.88 Å². The van der Waals surface area contributed by atoms with Gasteiger partial charge in [-0.05, 0) is 79.8 Å². The Morgan fingerprint density at radius 2 is 1.83 bits per heavy atom. The smallest absolute Gasteiger partial charge is 0.135 e. The standard InChI is InChI=1S/C30H32N4OS/c1-3-33(4-2)26-13-9-22(10-14-26)19-23-11-12-24(29(23)34-15-17-35-18-16-34)20-25(21-31)30-32-27-7-5-6-8-28(27)36-30/h5-10,13-14,19-20H,3-4,11-12,15-18H2,1-2H3/b23-19+,25-20-. The summed E-state index contributed by atoms with van der Waals surface area (Å²) >= 11 is 1.58. The number of nitriles is 1. The number of morpholine rings is 1. The number of para-hydroxylation sites is 1. The van der Waals surface area contributed by atoms with Crippen LogP contribution in [0.2, 0.25) is 0 Å². The van der Waals surface area contributed by atoms with Gasteiger partial charge in [-0.25, -0.2) is 4.98 Å². The van der Waals surface area contributed by atoms with Crippen molar-refractivity contribution in [2.24, 2.45) is 0 Å². The summed E-state index contributed by atoms with van der Waals surface area (Å²) < 4.78 is 6.75. The van der Waals surface area contributed by atoms with Crippen LogP contribution in [-0.2, 0) is 4.74 Å². The van der Waals surface area contributed by atoms with E-state index in [1.807, 2.05) is 18.2 Å². The van der Waals surface area contributed by atoms with Gasteiger partial charge in [0.25, 0.3) is 0 Å². The predicted octanol–water partition coefficient (Wildman–Crippen LogP) is 6.51. The Morgan fingerprint density at radius 1 is 1.08 bits per heavy atom. The molecule has 2 heterocycles. The monoisotopic (exact) mass is 496 g/mol. The molecule has 0 atom stereocenters. The van der Waals surface area contributed by atoms with Crippen LogP contribution in [0.4, 0.5) is 5.69 Å². The highest BCUT2D eigenvalue weighted by Crippen LogP contribution is 2.38. The van der Waals surface area contributed by atoms with Gasteiger partial charge in [0.2, 0.25) is 0 Å². The second kappa shape index (κ2) is 11.1. The number of fused-ring (bicyclic) bond motifs is 1. The largest absolute Gasteiger partial charge is 0.378 e. The molecule has 1 saturated heterocycles. The normalized spacial score (nSPS) is 17.8. The second-order valence-corrected chi connectivity index (χ2v) is 10.1. The lowest BCUT2D eigenvalue weighted by atomic mass is 10.1. The number of anilines is 1. The number of hydrogen-bond donors (Lipinski definition) is 0. The third-order valence-corrected chi connectivity index (χ3v) is 7.99. The van der Waals surface area contributed by atoms with Crippen molar-refractivity contribution in [3.05, 3.63) is 82.0 Å². The summed E-state index contributed by atoms with van der Waals surface area (Å²) in [5.74, 6) is 0. The van der Waals surface area contributed by atoms with E-state index in [0.717, 1.165) is 67.5 Å². The fourth-order valence-electron chi connectivity index (χ4n) is 5.06. The molecule has 0 amide bonds. The lowest BCUT2D eigenvalue weighted by Gasteiger charge is -2.31. The van der Waals surface area contributed by atoms with Crippen molar-refractivity contribution in [2.45, 2.75) is 26.7 Å². The number of aromatic nitrogens is 1. The summed E-state index contributed by atoms with van der Waals surface area (Å²) in [6.45, 7) is 9.60. The van der Waals surface area contributed by atoms with Crippen molar-refractivity contribution in [3.8, 4) is 6.07 Å². The van der Waals surface area contributed by atoms with E-state index in [-0.39, 0.29) is 0 Å². The first kappa shape index (κ1) is 24.3. The molecule has 2 aliphatic rings. The van der Waals surface area contributed by atoms with Crippen LogP contribution in [0.1, 0.15) is 37.3 Å². The molecule has 0 unspecified atom stereocenters. The molecular weight excluding hydrogens is 464 g/mol. The molecule has 1 aromatic heterocycles. The van der Waals surface area contributed by atoms with Gasteiger partial charge in [0, 0.05) is 37.6 Å². The predicted molar refractivity (Wildman–Crippen MR) is 150 cm³/mol. The van der Waals surface area contributed by atoms with Crippen LogP contribution in [-0.4, -0.2) is 49.3 Å². The topological polar surface area (TPSA) is 52.4 Å². The van der Waals surface area contributed by atoms with Gasteiger partial charge in [0.1, 0.15) is 11.1 Å². The SMILES string of the molecule is CCN(CC)c1ccc(/C=C2\CCC(/C=C(/C#N)c3nc4ccccc4s3)=C2N2CCOCC2)cc1. The van der Waals surface area contributed by atoms with Gasteiger partial charge in [-0.3, -0.25) is 0 Å². The number of nitrogens with zero attached hydrogens (tertiary/aromatic N) is 4. The molecule has 0 radical (unpaired) electrons. The molecular formula is C30H32N4OS. The van der Waals surface area contributed by atoms with Gasteiger partial charge in [0.05, 0.1) is 29.0 Å². The van der Waals surface area contributed by atoms with Crippen molar-refractivity contribution in [3.63, 3.8) is 0 Å². The number of hydrogen-bond acceptors (Lipinski definition) is 6. The molecule has 0 spiro atoms. The molecule has 2 aromatic carbocycles. The summed E-state index contributed by atoms with van der Waals surface area (Å²) in [5.41, 5.74) is 7.88. The maximum absolute atomic E-state index is 10.0. The minimum absolute atomic E-state index is 0.641. The fourth-order valence-corrected chi connectivity index (χ4v) is 5.99. The number of ether oxygens (including phenoxy) is 1. The molecule has 6 heteroatoms. The molecule has 0 bridgehead atoms. The lowest BCUT2D eigenvalue weighted by Crippen LogP contribution is -2.36. The molecule has 1 aliphatic heterocycles. The van der Waals surface area contributed by atoms with Crippen LogP contribution in [0.5, 0.6) is 0 Å². The number of benzene rings is 2. The Morgan fingerprint density at radius 3 is 2.53 bits per heavy atom. The zero-order valence-electron chi connectivity index (χ0n) is 21.0. The van der Waals surface area contributed by atoms with E-state index in [1.165, 1.54) is 28.1 Å². The zero-order valence-corrected chi connectivity index (χ0v) is 21.9. The van der Waals surface area contributed by atoms with Gasteiger partial charge in [-0.15, -0.1) is 11.3 Å². The van der Waals surface area contributed by atoms with Gasteiger partial charge >= 0.3 is 0 Å². The Bertz CT molecular complexity index is 1320. The average Bonchev–Trinajstić information content (AvgIpc) is 3.53. The fraction of sp³-hybridized carbons (Fsp3) is 0.333. The number of rotatable bonds is 7. The Balaban J connectivity index is 1.52. The summed E-state index contributed by atoms with van der Waals surface area (Å²) in [7, 11) is 0. The van der Waals surface area contributed by atoms with Crippen LogP contribution in [0.3, 0.4) is 0 Å². The van der Waals surface area contributed by atoms with E-state index in [2.05, 4.69) is 72.2 Å². The van der Waals surface area contributed by atoms with E-state index in [4.69, 9.17) is 9.72 Å². The highest BCUT2D eigenvalue weighted by atomic mass is 32.1. The van der Waals surface area contributed by atoms with E-state index in [0.29, 0.717) is 5.57 Å². The van der Waals surface area contributed by atoms with Gasteiger partial charge < -0.3 is 14.5 Å². The summed E-state index contributed by atoms with van der Waals surface area (Å²) in [4.78, 5) is 9.54. The molecule has 5 rings (SSSR count). The molecule has 3 aromatic rings. The summed E-state index contributed by atoms with van der Waals surface area (Å²) in [6.07, 6.45) is 6.29. The van der Waals surface area contributed by atoms with Gasteiger partial charge in [-0.1, -0.05) is 24.3 Å². The Kier molecular flexibility index (Phi) is 7.50. The Labute approximate surface area is 217 Å². The van der Waals surface area contributed by atoms with Gasteiger partial charge in [-0.2, -0.15) is 5.26 Å². The third-order valence-electron chi connectivity index (χ3n) is 6.93. The number of thiazole rings is 1. The highest BCUT2D eigenvalue weighted by molar-refractivity contribution is 7.19. The summed E-state index contributed by atoms with van der Waals surface area (Å²) in [6, 6.07) is 19.4. The van der Waals surface area contributed by atoms with Crippen LogP contribution in [0.25, 0.3) is 21.9 Å². The van der Waals surface area contributed by atoms with E-state index in [1.54, 1.807) is 11.3 Å². The highest BCUT2D eigenvalue weighted by Gasteiger charge is 2.26. The minimum atomic E-state index is 0.641. The summed E-state index contributed by atoms with van der Waals surface area (Å²) in [5, 5.41) is 10.8. The first-order chi connectivity index (χ1) is 17.7. The first-order valence-corrected chi connectivity index (χ1v) is 13.6. The first-order valence-electron chi connectivity index (χ1n) is 12.8. The Hall–Kier alpha value is -3.40. The van der Waals surface area contributed by atoms with Crippen LogP contribution < -0.4 is 4.90 Å². The van der Waals surface area contributed by atoms with E-state index >= 15 is 0 Å². The molecule has 184 valence electrons. The molecule has 0 saturated carbocycles. The van der Waals surface area contributed by atoms with E-state index < -0.39 is 0 Å². The van der Waals surface area contributed by atoms with Crippen molar-refractivity contribution in [2.75, 3.05) is 44.3 Å². The maximum atomic E-state index is 10.0. The third kappa shape index (κ3) is 5.09.